The Bertz CT molecular complexity index is 533. The number of carboxylic acid groups (broad SMARTS) is 1. The van der Waals surface area contributed by atoms with Gasteiger partial charge in [0.2, 0.25) is 5.91 Å². The van der Waals surface area contributed by atoms with Crippen LogP contribution in [0.2, 0.25) is 0 Å². The summed E-state index contributed by atoms with van der Waals surface area (Å²) in [7, 11) is 1.64. The first kappa shape index (κ1) is 16.5. The van der Waals surface area contributed by atoms with E-state index in [0.29, 0.717) is 26.1 Å². The smallest absolute Gasteiger partial charge is 0.320 e. The van der Waals surface area contributed by atoms with E-state index < -0.39 is 12.0 Å². The van der Waals surface area contributed by atoms with E-state index in [1.54, 1.807) is 12.0 Å². The van der Waals surface area contributed by atoms with E-state index in [1.165, 1.54) is 0 Å². The van der Waals surface area contributed by atoms with Crippen LogP contribution >= 0.6 is 0 Å². The summed E-state index contributed by atoms with van der Waals surface area (Å²) in [5.74, 6) is -0.997. The van der Waals surface area contributed by atoms with Crippen molar-refractivity contribution in [3.63, 3.8) is 0 Å². The molecule has 2 rings (SSSR count). The van der Waals surface area contributed by atoms with Crippen LogP contribution in [0.15, 0.2) is 24.3 Å². The van der Waals surface area contributed by atoms with Gasteiger partial charge in [0, 0.05) is 13.7 Å². The molecule has 1 saturated heterocycles. The minimum atomic E-state index is -0.849. The van der Waals surface area contributed by atoms with Gasteiger partial charge in [0.25, 0.3) is 0 Å². The Morgan fingerprint density at radius 3 is 2.91 bits per heavy atom. The quantitative estimate of drug-likeness (QED) is 0.785. The summed E-state index contributed by atoms with van der Waals surface area (Å²) < 4.78 is 5.08. The summed E-state index contributed by atoms with van der Waals surface area (Å²) in [5.41, 5.74) is 2.05. The van der Waals surface area contributed by atoms with Gasteiger partial charge >= 0.3 is 5.97 Å². The molecule has 1 heterocycles. The number of carbonyl (C=O) groups excluding carboxylic acids is 1. The van der Waals surface area contributed by atoms with Gasteiger partial charge in [-0.25, -0.2) is 0 Å². The van der Waals surface area contributed by atoms with E-state index >= 15 is 0 Å². The molecule has 1 amide bonds. The van der Waals surface area contributed by atoms with Crippen LogP contribution in [0.5, 0.6) is 0 Å². The Balaban J connectivity index is 1.82. The zero-order valence-electron chi connectivity index (χ0n) is 12.7. The standard InChI is InChI=1S/C16H22N2O4/c1-22-11-13-5-2-4-12(8-13)9-17-15(19)10-18-7-3-6-14(18)16(20)21/h2,4-5,8,14H,3,6-7,9-11H2,1H3,(H,17,19)(H,20,21). The normalized spacial score (nSPS) is 18.3. The fourth-order valence-electron chi connectivity index (χ4n) is 2.73. The first-order valence-electron chi connectivity index (χ1n) is 7.40. The van der Waals surface area contributed by atoms with Crippen molar-refractivity contribution in [3.05, 3.63) is 35.4 Å². The van der Waals surface area contributed by atoms with Crippen LogP contribution in [-0.2, 0) is 27.5 Å². The van der Waals surface area contributed by atoms with Gasteiger partial charge in [-0.2, -0.15) is 0 Å². The van der Waals surface area contributed by atoms with E-state index in [-0.39, 0.29) is 12.5 Å². The predicted molar refractivity (Wildman–Crippen MR) is 81.2 cm³/mol. The Hall–Kier alpha value is -1.92. The molecule has 0 radical (unpaired) electrons. The number of nitrogens with one attached hydrogen (secondary N) is 1. The Morgan fingerprint density at radius 1 is 1.41 bits per heavy atom. The Labute approximate surface area is 130 Å². The van der Waals surface area contributed by atoms with Crippen LogP contribution in [0.3, 0.4) is 0 Å². The highest BCUT2D eigenvalue weighted by molar-refractivity contribution is 5.80. The van der Waals surface area contributed by atoms with Crippen molar-refractivity contribution >= 4 is 11.9 Å². The second-order valence-electron chi connectivity index (χ2n) is 5.50. The predicted octanol–water partition coefficient (Wildman–Crippen LogP) is 0.998. The molecule has 6 nitrogen and oxygen atoms in total. The third kappa shape index (κ3) is 4.54. The number of carbonyl (C=O) groups is 2. The minimum absolute atomic E-state index is 0.134. The van der Waals surface area contributed by atoms with Crippen molar-refractivity contribution in [1.29, 1.82) is 0 Å². The molecule has 6 heteroatoms. The summed E-state index contributed by atoms with van der Waals surface area (Å²) in [5, 5.41) is 11.9. The first-order valence-corrected chi connectivity index (χ1v) is 7.40. The molecule has 2 N–H and O–H groups in total. The molecular weight excluding hydrogens is 284 g/mol. The zero-order chi connectivity index (χ0) is 15.9. The van der Waals surface area contributed by atoms with E-state index in [4.69, 9.17) is 9.84 Å². The van der Waals surface area contributed by atoms with Gasteiger partial charge in [0.1, 0.15) is 6.04 Å². The molecule has 0 spiro atoms. The maximum atomic E-state index is 12.0. The lowest BCUT2D eigenvalue weighted by molar-refractivity contribution is -0.142. The fraction of sp³-hybridized carbons (Fsp3) is 0.500. The monoisotopic (exact) mass is 306 g/mol. The largest absolute Gasteiger partial charge is 0.480 e. The summed E-state index contributed by atoms with van der Waals surface area (Å²) in [6.45, 7) is 1.76. The number of ether oxygens (including phenoxy) is 1. The topological polar surface area (TPSA) is 78.9 Å². The number of amides is 1. The SMILES string of the molecule is COCc1cccc(CNC(=O)CN2CCCC2C(=O)O)c1. The second kappa shape index (κ2) is 7.91. The highest BCUT2D eigenvalue weighted by atomic mass is 16.5. The highest BCUT2D eigenvalue weighted by Crippen LogP contribution is 2.16. The van der Waals surface area contributed by atoms with Crippen molar-refractivity contribution < 1.29 is 19.4 Å². The van der Waals surface area contributed by atoms with Gasteiger partial charge in [0.05, 0.1) is 13.2 Å². The van der Waals surface area contributed by atoms with Crippen LogP contribution in [-0.4, -0.2) is 48.1 Å². The van der Waals surface area contributed by atoms with E-state index in [2.05, 4.69) is 5.32 Å². The van der Waals surface area contributed by atoms with Crippen molar-refractivity contribution in [2.24, 2.45) is 0 Å². The molecular formula is C16H22N2O4. The van der Waals surface area contributed by atoms with Gasteiger partial charge in [0.15, 0.2) is 0 Å². The average Bonchev–Trinajstić information content (AvgIpc) is 2.94. The number of hydrogen-bond donors (Lipinski definition) is 2. The maximum Gasteiger partial charge on any atom is 0.320 e. The lowest BCUT2D eigenvalue weighted by Gasteiger charge is -2.20. The molecule has 1 atom stereocenters. The Kier molecular flexibility index (Phi) is 5.91. The van der Waals surface area contributed by atoms with Crippen LogP contribution < -0.4 is 5.32 Å². The van der Waals surface area contributed by atoms with Gasteiger partial charge in [-0.05, 0) is 30.5 Å². The van der Waals surface area contributed by atoms with Crippen LogP contribution in [0, 0.1) is 0 Å². The average molecular weight is 306 g/mol. The molecule has 1 aromatic carbocycles. The third-order valence-electron chi connectivity index (χ3n) is 3.79. The van der Waals surface area contributed by atoms with Crippen LogP contribution in [0.4, 0.5) is 0 Å². The number of benzene rings is 1. The molecule has 1 unspecified atom stereocenters. The van der Waals surface area contributed by atoms with Gasteiger partial charge in [-0.15, -0.1) is 0 Å². The van der Waals surface area contributed by atoms with Crippen LogP contribution in [0.1, 0.15) is 24.0 Å². The summed E-state index contributed by atoms with van der Waals surface area (Å²) in [6, 6.07) is 7.29. The van der Waals surface area contributed by atoms with Crippen molar-refractivity contribution in [3.8, 4) is 0 Å². The maximum absolute atomic E-state index is 12.0. The number of methoxy groups -OCH3 is 1. The van der Waals surface area contributed by atoms with Crippen molar-refractivity contribution in [1.82, 2.24) is 10.2 Å². The second-order valence-corrected chi connectivity index (χ2v) is 5.50. The van der Waals surface area contributed by atoms with Crippen molar-refractivity contribution in [2.75, 3.05) is 20.2 Å². The summed E-state index contributed by atoms with van der Waals surface area (Å²) in [6.07, 6.45) is 1.44. The third-order valence-corrected chi connectivity index (χ3v) is 3.79. The number of aliphatic carboxylic acids is 1. The lowest BCUT2D eigenvalue weighted by Crippen LogP contribution is -2.42. The van der Waals surface area contributed by atoms with E-state index in [1.807, 2.05) is 24.3 Å². The fourth-order valence-corrected chi connectivity index (χ4v) is 2.73. The molecule has 0 bridgehead atoms. The van der Waals surface area contributed by atoms with Gasteiger partial charge in [-0.1, -0.05) is 24.3 Å². The minimum Gasteiger partial charge on any atom is -0.480 e. The summed E-state index contributed by atoms with van der Waals surface area (Å²) >= 11 is 0. The molecule has 0 saturated carbocycles. The van der Waals surface area contributed by atoms with E-state index in [9.17, 15) is 9.59 Å². The molecule has 1 aliphatic rings. The molecule has 1 aromatic rings. The van der Waals surface area contributed by atoms with Crippen molar-refractivity contribution in [2.45, 2.75) is 32.0 Å². The first-order chi connectivity index (χ1) is 10.6. The lowest BCUT2D eigenvalue weighted by atomic mass is 10.1. The molecule has 0 aromatic heterocycles. The number of hydrogen-bond acceptors (Lipinski definition) is 4. The van der Waals surface area contributed by atoms with Gasteiger partial charge in [-0.3, -0.25) is 14.5 Å². The van der Waals surface area contributed by atoms with Crippen LogP contribution in [0.25, 0.3) is 0 Å². The number of likely N-dealkylation sites (tertiary alicyclic amines) is 1. The summed E-state index contributed by atoms with van der Waals surface area (Å²) in [4.78, 5) is 24.8. The number of rotatable bonds is 7. The molecule has 1 aliphatic heterocycles. The zero-order valence-corrected chi connectivity index (χ0v) is 12.7. The molecule has 120 valence electrons. The van der Waals surface area contributed by atoms with E-state index in [0.717, 1.165) is 17.5 Å². The Morgan fingerprint density at radius 2 is 2.18 bits per heavy atom. The number of nitrogens with zero attached hydrogens (tertiary/aromatic N) is 1. The number of carboxylic acids is 1. The highest BCUT2D eigenvalue weighted by Gasteiger charge is 2.31. The molecule has 0 aliphatic carbocycles. The molecule has 1 fully saturated rings. The molecule has 22 heavy (non-hydrogen) atoms. The van der Waals surface area contributed by atoms with Gasteiger partial charge < -0.3 is 15.2 Å².